The summed E-state index contributed by atoms with van der Waals surface area (Å²) in [5, 5.41) is 8.33. The lowest BCUT2D eigenvalue weighted by atomic mass is 10.2. The number of ether oxygens (including phenoxy) is 1. The molecule has 74 valence electrons. The van der Waals surface area contributed by atoms with Crippen LogP contribution in [0.3, 0.4) is 0 Å². The minimum absolute atomic E-state index is 0.621. The molecule has 0 bridgehead atoms. The molecule has 0 saturated carbocycles. The van der Waals surface area contributed by atoms with Crippen molar-refractivity contribution < 1.29 is 4.74 Å². The number of hydrogen-bond acceptors (Lipinski definition) is 2. The topological polar surface area (TPSA) is 33.0 Å². The molecule has 1 aromatic carbocycles. The van der Waals surface area contributed by atoms with Crippen molar-refractivity contribution in [3.8, 4) is 11.8 Å². The molecule has 0 N–H and O–H groups in total. The van der Waals surface area contributed by atoms with Crippen LogP contribution in [0.1, 0.15) is 19.3 Å². The maximum absolute atomic E-state index is 8.33. The summed E-state index contributed by atoms with van der Waals surface area (Å²) in [6, 6.07) is 10.1. The molecule has 2 nitrogen and oxygen atoms in total. The van der Waals surface area contributed by atoms with Crippen LogP contribution in [0.25, 0.3) is 0 Å². The fraction of sp³-hybridized carbons (Fsp3) is 0.364. The first-order chi connectivity index (χ1) is 6.83. The van der Waals surface area contributed by atoms with E-state index in [-0.39, 0.29) is 0 Å². The summed E-state index contributed by atoms with van der Waals surface area (Å²) in [6.45, 7) is 0.696. The van der Waals surface area contributed by atoms with Crippen LogP contribution in [0.4, 0.5) is 0 Å². The van der Waals surface area contributed by atoms with E-state index in [1.807, 2.05) is 24.3 Å². The van der Waals surface area contributed by atoms with Crippen LogP contribution in [0.2, 0.25) is 0 Å². The monoisotopic (exact) mass is 301 g/mol. The van der Waals surface area contributed by atoms with Crippen LogP contribution in [-0.4, -0.2) is 6.61 Å². The Labute approximate surface area is 98.0 Å². The van der Waals surface area contributed by atoms with Gasteiger partial charge in [-0.05, 0) is 53.6 Å². The number of nitriles is 1. The van der Waals surface area contributed by atoms with E-state index in [1.54, 1.807) is 0 Å². The quantitative estimate of drug-likeness (QED) is 0.617. The highest BCUT2D eigenvalue weighted by atomic mass is 127. The van der Waals surface area contributed by atoms with Gasteiger partial charge in [0, 0.05) is 9.99 Å². The molecule has 0 atom stereocenters. The highest BCUT2D eigenvalue weighted by molar-refractivity contribution is 14.1. The Hall–Kier alpha value is -0.760. The zero-order valence-electron chi connectivity index (χ0n) is 7.87. The van der Waals surface area contributed by atoms with Crippen LogP contribution >= 0.6 is 22.6 Å². The second-order valence-corrected chi connectivity index (χ2v) is 4.17. The van der Waals surface area contributed by atoms with Crippen LogP contribution in [0, 0.1) is 14.9 Å². The molecule has 0 spiro atoms. The number of benzene rings is 1. The van der Waals surface area contributed by atoms with E-state index in [1.165, 1.54) is 3.57 Å². The van der Waals surface area contributed by atoms with Gasteiger partial charge in [0.2, 0.25) is 0 Å². The molecule has 1 aromatic rings. The summed E-state index contributed by atoms with van der Waals surface area (Å²) in [6.07, 6.45) is 2.48. The van der Waals surface area contributed by atoms with Crippen LogP contribution < -0.4 is 4.74 Å². The molecule has 0 unspecified atom stereocenters. The molecular weight excluding hydrogens is 289 g/mol. The number of rotatable bonds is 5. The Bertz CT molecular complexity index is 319. The van der Waals surface area contributed by atoms with Gasteiger partial charge >= 0.3 is 0 Å². The average Bonchev–Trinajstić information content (AvgIpc) is 2.18. The maximum atomic E-state index is 8.33. The van der Waals surface area contributed by atoms with Crippen molar-refractivity contribution in [2.45, 2.75) is 19.3 Å². The predicted molar refractivity (Wildman–Crippen MR) is 64.1 cm³/mol. The smallest absolute Gasteiger partial charge is 0.120 e. The van der Waals surface area contributed by atoms with Gasteiger partial charge in [-0.3, -0.25) is 0 Å². The van der Waals surface area contributed by atoms with Crippen molar-refractivity contribution >= 4 is 22.6 Å². The summed E-state index contributed by atoms with van der Waals surface area (Å²) >= 11 is 2.26. The predicted octanol–water partition coefficient (Wildman–Crippen LogP) is 3.36. The summed E-state index contributed by atoms with van der Waals surface area (Å²) < 4.78 is 6.70. The normalized spacial score (nSPS) is 9.43. The van der Waals surface area contributed by atoms with Crippen molar-refractivity contribution in [1.29, 1.82) is 5.26 Å². The molecule has 0 saturated heterocycles. The Balaban J connectivity index is 2.22. The fourth-order valence-electron chi connectivity index (χ4n) is 1.05. The maximum Gasteiger partial charge on any atom is 0.120 e. The van der Waals surface area contributed by atoms with Gasteiger partial charge < -0.3 is 4.74 Å². The van der Waals surface area contributed by atoms with Crippen LogP contribution in [0.5, 0.6) is 5.75 Å². The molecule has 0 radical (unpaired) electrons. The van der Waals surface area contributed by atoms with Crippen molar-refractivity contribution in [3.05, 3.63) is 27.8 Å². The SMILES string of the molecule is N#CCCCCOc1cccc(I)c1. The zero-order chi connectivity index (χ0) is 10.2. The highest BCUT2D eigenvalue weighted by Gasteiger charge is 1.94. The van der Waals surface area contributed by atoms with Gasteiger partial charge in [0.05, 0.1) is 12.7 Å². The van der Waals surface area contributed by atoms with E-state index in [9.17, 15) is 0 Å². The molecule has 3 heteroatoms. The van der Waals surface area contributed by atoms with Crippen molar-refractivity contribution in [2.75, 3.05) is 6.61 Å². The summed E-state index contributed by atoms with van der Waals surface area (Å²) in [5.74, 6) is 0.911. The molecule has 0 aliphatic heterocycles. The van der Waals surface area contributed by atoms with Gasteiger partial charge in [0.25, 0.3) is 0 Å². The minimum atomic E-state index is 0.621. The van der Waals surface area contributed by atoms with Gasteiger partial charge in [-0.2, -0.15) is 5.26 Å². The molecule has 14 heavy (non-hydrogen) atoms. The largest absolute Gasteiger partial charge is 0.494 e. The van der Waals surface area contributed by atoms with Crippen LogP contribution in [0.15, 0.2) is 24.3 Å². The number of nitrogens with zero attached hydrogens (tertiary/aromatic N) is 1. The third kappa shape index (κ3) is 4.47. The molecule has 0 aromatic heterocycles. The van der Waals surface area contributed by atoms with E-state index in [4.69, 9.17) is 10.00 Å². The van der Waals surface area contributed by atoms with Gasteiger partial charge in [-0.15, -0.1) is 0 Å². The van der Waals surface area contributed by atoms with Gasteiger partial charge in [-0.25, -0.2) is 0 Å². The lowest BCUT2D eigenvalue weighted by molar-refractivity contribution is 0.307. The van der Waals surface area contributed by atoms with Gasteiger partial charge in [0.1, 0.15) is 5.75 Å². The second-order valence-electron chi connectivity index (χ2n) is 2.92. The Morgan fingerprint density at radius 1 is 1.36 bits per heavy atom. The van der Waals surface area contributed by atoms with E-state index in [0.717, 1.165) is 18.6 Å². The first-order valence-electron chi connectivity index (χ1n) is 4.58. The third-order valence-electron chi connectivity index (χ3n) is 1.75. The molecule has 0 amide bonds. The van der Waals surface area contributed by atoms with E-state index in [0.29, 0.717) is 13.0 Å². The lowest BCUT2D eigenvalue weighted by Crippen LogP contribution is -1.96. The zero-order valence-corrected chi connectivity index (χ0v) is 10.0. The van der Waals surface area contributed by atoms with Crippen molar-refractivity contribution in [1.82, 2.24) is 0 Å². The van der Waals surface area contributed by atoms with Gasteiger partial charge in [-0.1, -0.05) is 6.07 Å². The Morgan fingerprint density at radius 3 is 2.93 bits per heavy atom. The molecule has 0 aliphatic carbocycles. The standard InChI is InChI=1S/C11H12INO/c12-10-5-4-6-11(9-10)14-8-3-1-2-7-13/h4-6,9H,1-3,8H2. The Kier molecular flexibility index (Phi) is 5.38. The summed E-state index contributed by atoms with van der Waals surface area (Å²) in [5.41, 5.74) is 0. The van der Waals surface area contributed by atoms with E-state index in [2.05, 4.69) is 28.7 Å². The number of unbranched alkanes of at least 4 members (excludes halogenated alkanes) is 2. The molecule has 1 rings (SSSR count). The molecule has 0 aliphatic rings. The fourth-order valence-corrected chi connectivity index (χ4v) is 1.57. The first-order valence-corrected chi connectivity index (χ1v) is 5.66. The van der Waals surface area contributed by atoms with Crippen molar-refractivity contribution in [2.24, 2.45) is 0 Å². The molecule has 0 heterocycles. The second kappa shape index (κ2) is 6.66. The number of hydrogen-bond donors (Lipinski definition) is 0. The van der Waals surface area contributed by atoms with E-state index < -0.39 is 0 Å². The average molecular weight is 301 g/mol. The Morgan fingerprint density at radius 2 is 2.21 bits per heavy atom. The number of halogens is 1. The van der Waals surface area contributed by atoms with Crippen molar-refractivity contribution in [3.63, 3.8) is 0 Å². The minimum Gasteiger partial charge on any atom is -0.494 e. The highest BCUT2D eigenvalue weighted by Crippen LogP contribution is 2.15. The third-order valence-corrected chi connectivity index (χ3v) is 2.42. The van der Waals surface area contributed by atoms with Crippen LogP contribution in [-0.2, 0) is 0 Å². The molecule has 0 fully saturated rings. The lowest BCUT2D eigenvalue weighted by Gasteiger charge is -2.04. The molecular formula is C11H12INO. The van der Waals surface area contributed by atoms with Gasteiger partial charge in [0.15, 0.2) is 0 Å². The first kappa shape index (κ1) is 11.3. The summed E-state index contributed by atoms with van der Waals surface area (Å²) in [7, 11) is 0. The van der Waals surface area contributed by atoms with E-state index >= 15 is 0 Å². The summed E-state index contributed by atoms with van der Waals surface area (Å²) in [4.78, 5) is 0.